The summed E-state index contributed by atoms with van der Waals surface area (Å²) in [5.41, 5.74) is 0. The van der Waals surface area contributed by atoms with Gasteiger partial charge in [0.1, 0.15) is 0 Å². The summed E-state index contributed by atoms with van der Waals surface area (Å²) < 4.78 is 32.4. The summed E-state index contributed by atoms with van der Waals surface area (Å²) in [6, 6.07) is 0.411. The Morgan fingerprint density at radius 1 is 1.29 bits per heavy atom. The van der Waals surface area contributed by atoms with E-state index < -0.39 is 10.2 Å². The van der Waals surface area contributed by atoms with Gasteiger partial charge in [0.2, 0.25) is 0 Å². The van der Waals surface area contributed by atoms with Gasteiger partial charge < -0.3 is 4.74 Å². The number of piperazine rings is 1. The van der Waals surface area contributed by atoms with Crippen LogP contribution in [0.1, 0.15) is 13.8 Å². The lowest BCUT2D eigenvalue weighted by Gasteiger charge is -2.43. The minimum Gasteiger partial charge on any atom is -0.383 e. The lowest BCUT2D eigenvalue weighted by molar-refractivity contribution is 0.0492. The third-order valence-electron chi connectivity index (χ3n) is 3.22. The van der Waals surface area contributed by atoms with Gasteiger partial charge in [-0.05, 0) is 13.8 Å². The van der Waals surface area contributed by atoms with Crippen molar-refractivity contribution in [3.8, 4) is 0 Å². The third-order valence-corrected chi connectivity index (χ3v) is 4.71. The van der Waals surface area contributed by atoms with Crippen molar-refractivity contribution in [2.45, 2.75) is 25.9 Å². The van der Waals surface area contributed by atoms with Gasteiger partial charge >= 0.3 is 0 Å². The second kappa shape index (κ2) is 6.10. The second-order valence-corrected chi connectivity index (χ2v) is 6.33. The zero-order valence-corrected chi connectivity index (χ0v) is 11.8. The largest absolute Gasteiger partial charge is 0.383 e. The molecule has 1 N–H and O–H groups in total. The molecule has 1 rings (SSSR count). The minimum absolute atomic E-state index is 0.206. The molecule has 2 atom stereocenters. The summed E-state index contributed by atoms with van der Waals surface area (Å²) in [6.07, 6.45) is 0. The van der Waals surface area contributed by atoms with Crippen molar-refractivity contribution in [2.24, 2.45) is 0 Å². The Hall–Kier alpha value is -0.210. The topological polar surface area (TPSA) is 61.9 Å². The summed E-state index contributed by atoms with van der Waals surface area (Å²) in [5, 5.41) is 0. The summed E-state index contributed by atoms with van der Waals surface area (Å²) in [6.45, 7) is 6.65. The molecule has 17 heavy (non-hydrogen) atoms. The molecule has 0 amide bonds. The fourth-order valence-electron chi connectivity index (χ4n) is 2.27. The number of ether oxygens (including phenoxy) is 1. The fraction of sp³-hybridized carbons (Fsp3) is 1.00. The van der Waals surface area contributed by atoms with Crippen LogP contribution in [0.5, 0.6) is 0 Å². The standard InChI is InChI=1S/C10H23N3O3S/c1-9-7-12(17(14,15)11-3)8-10(2)13(9)5-6-16-4/h9-11H,5-8H2,1-4H3. The molecule has 0 aromatic rings. The van der Waals surface area contributed by atoms with E-state index in [4.69, 9.17) is 4.74 Å². The number of hydrogen-bond acceptors (Lipinski definition) is 4. The number of methoxy groups -OCH3 is 1. The van der Waals surface area contributed by atoms with Crippen LogP contribution in [0.15, 0.2) is 0 Å². The minimum atomic E-state index is -3.31. The molecular formula is C10H23N3O3S. The van der Waals surface area contributed by atoms with E-state index in [0.717, 1.165) is 6.54 Å². The molecular weight excluding hydrogens is 242 g/mol. The number of hydrogen-bond donors (Lipinski definition) is 1. The van der Waals surface area contributed by atoms with Crippen LogP contribution in [0.4, 0.5) is 0 Å². The van der Waals surface area contributed by atoms with Crippen LogP contribution in [0.2, 0.25) is 0 Å². The highest BCUT2D eigenvalue weighted by Crippen LogP contribution is 2.17. The Bertz CT molecular complexity index is 322. The van der Waals surface area contributed by atoms with Gasteiger partial charge in [0.15, 0.2) is 0 Å². The second-order valence-electron chi connectivity index (χ2n) is 4.45. The summed E-state index contributed by atoms with van der Waals surface area (Å²) in [4.78, 5) is 2.28. The molecule has 1 saturated heterocycles. The highest BCUT2D eigenvalue weighted by molar-refractivity contribution is 7.87. The number of nitrogens with one attached hydrogen (secondary N) is 1. The van der Waals surface area contributed by atoms with Crippen molar-refractivity contribution in [3.63, 3.8) is 0 Å². The summed E-state index contributed by atoms with van der Waals surface area (Å²) >= 11 is 0. The van der Waals surface area contributed by atoms with E-state index >= 15 is 0 Å². The maximum atomic E-state index is 11.7. The highest BCUT2D eigenvalue weighted by atomic mass is 32.2. The molecule has 102 valence electrons. The van der Waals surface area contributed by atoms with Crippen molar-refractivity contribution >= 4 is 10.2 Å². The zero-order valence-electron chi connectivity index (χ0n) is 11.0. The highest BCUT2D eigenvalue weighted by Gasteiger charge is 2.34. The predicted octanol–water partition coefficient (Wildman–Crippen LogP) is -0.508. The quantitative estimate of drug-likeness (QED) is 0.727. The molecule has 0 aromatic carbocycles. The molecule has 6 nitrogen and oxygen atoms in total. The molecule has 0 aromatic heterocycles. The van der Waals surface area contributed by atoms with E-state index in [0.29, 0.717) is 19.7 Å². The van der Waals surface area contributed by atoms with Crippen LogP contribution in [0.3, 0.4) is 0 Å². The van der Waals surface area contributed by atoms with Gasteiger partial charge in [-0.2, -0.15) is 12.7 Å². The molecule has 1 aliphatic heterocycles. The first-order valence-corrected chi connectivity index (χ1v) is 7.29. The fourth-order valence-corrected chi connectivity index (χ4v) is 3.35. The molecule has 0 bridgehead atoms. The van der Waals surface area contributed by atoms with Crippen molar-refractivity contribution in [1.29, 1.82) is 0 Å². The SMILES string of the molecule is CNS(=O)(=O)N1CC(C)N(CCOC)C(C)C1. The van der Waals surface area contributed by atoms with E-state index in [1.165, 1.54) is 11.4 Å². The average Bonchev–Trinajstić information content (AvgIpc) is 2.28. The molecule has 1 aliphatic rings. The van der Waals surface area contributed by atoms with E-state index in [1.807, 2.05) is 13.8 Å². The monoisotopic (exact) mass is 265 g/mol. The summed E-state index contributed by atoms with van der Waals surface area (Å²) in [5.74, 6) is 0. The third kappa shape index (κ3) is 3.62. The zero-order chi connectivity index (χ0) is 13.1. The van der Waals surface area contributed by atoms with Crippen LogP contribution in [0.25, 0.3) is 0 Å². The van der Waals surface area contributed by atoms with Crippen molar-refractivity contribution in [1.82, 2.24) is 13.9 Å². The average molecular weight is 265 g/mol. The molecule has 7 heteroatoms. The van der Waals surface area contributed by atoms with Gasteiger partial charge in [-0.25, -0.2) is 4.72 Å². The van der Waals surface area contributed by atoms with E-state index in [-0.39, 0.29) is 12.1 Å². The molecule has 0 spiro atoms. The summed E-state index contributed by atoms with van der Waals surface area (Å²) in [7, 11) is -0.182. The maximum Gasteiger partial charge on any atom is 0.279 e. The van der Waals surface area contributed by atoms with E-state index in [2.05, 4.69) is 9.62 Å². The normalized spacial score (nSPS) is 28.5. The first-order chi connectivity index (χ1) is 7.92. The van der Waals surface area contributed by atoms with Crippen LogP contribution >= 0.6 is 0 Å². The predicted molar refractivity (Wildman–Crippen MR) is 67.1 cm³/mol. The van der Waals surface area contributed by atoms with Crippen LogP contribution in [0, 0.1) is 0 Å². The Labute approximate surface area is 104 Å². The molecule has 1 heterocycles. The first-order valence-electron chi connectivity index (χ1n) is 5.85. The first kappa shape index (κ1) is 14.8. The molecule has 0 saturated carbocycles. The van der Waals surface area contributed by atoms with Crippen LogP contribution in [-0.4, -0.2) is 70.1 Å². The van der Waals surface area contributed by atoms with Gasteiger partial charge in [-0.15, -0.1) is 0 Å². The van der Waals surface area contributed by atoms with Crippen LogP contribution < -0.4 is 4.72 Å². The van der Waals surface area contributed by atoms with Crippen molar-refractivity contribution in [3.05, 3.63) is 0 Å². The molecule has 0 radical (unpaired) electrons. The van der Waals surface area contributed by atoms with Gasteiger partial charge in [0, 0.05) is 45.9 Å². The smallest absolute Gasteiger partial charge is 0.279 e. The molecule has 1 fully saturated rings. The number of nitrogens with zero attached hydrogens (tertiary/aromatic N) is 2. The van der Waals surface area contributed by atoms with Crippen molar-refractivity contribution < 1.29 is 13.2 Å². The van der Waals surface area contributed by atoms with E-state index in [1.54, 1.807) is 7.11 Å². The lowest BCUT2D eigenvalue weighted by atomic mass is 10.1. The maximum absolute atomic E-state index is 11.7. The van der Waals surface area contributed by atoms with Gasteiger partial charge in [-0.1, -0.05) is 0 Å². The van der Waals surface area contributed by atoms with Gasteiger partial charge in [0.25, 0.3) is 10.2 Å². The Kier molecular flexibility index (Phi) is 5.33. The van der Waals surface area contributed by atoms with Gasteiger partial charge in [-0.3, -0.25) is 4.90 Å². The molecule has 2 unspecified atom stereocenters. The number of rotatable bonds is 5. The van der Waals surface area contributed by atoms with Crippen molar-refractivity contribution in [2.75, 3.05) is 40.4 Å². The van der Waals surface area contributed by atoms with Gasteiger partial charge in [0.05, 0.1) is 6.61 Å². The van der Waals surface area contributed by atoms with Crippen LogP contribution in [-0.2, 0) is 14.9 Å². The Balaban J connectivity index is 2.67. The lowest BCUT2D eigenvalue weighted by Crippen LogP contribution is -2.59. The Morgan fingerprint density at radius 2 is 1.82 bits per heavy atom. The Morgan fingerprint density at radius 3 is 2.24 bits per heavy atom. The molecule has 0 aliphatic carbocycles. The van der Waals surface area contributed by atoms with E-state index in [9.17, 15) is 8.42 Å².